The maximum absolute atomic E-state index is 10.0. The van der Waals surface area contributed by atoms with Crippen LogP contribution in [0.4, 0.5) is 0 Å². The first-order chi connectivity index (χ1) is 5.54. The minimum atomic E-state index is 0.00347. The summed E-state index contributed by atoms with van der Waals surface area (Å²) in [7, 11) is 0. The summed E-state index contributed by atoms with van der Waals surface area (Å²) in [6.45, 7) is 6.80. The smallest absolute Gasteiger partial charge is 0.0604 e. The fraction of sp³-hybridized carbons (Fsp3) is 1.00. The average Bonchev–Trinajstić information content (AvgIpc) is 2.62. The second-order valence-electron chi connectivity index (χ2n) is 5.40. The summed E-state index contributed by atoms with van der Waals surface area (Å²) in [6, 6.07) is 0. The van der Waals surface area contributed by atoms with Gasteiger partial charge in [-0.15, -0.1) is 0 Å². The molecule has 0 radical (unpaired) electrons. The number of hydrogen-bond acceptors (Lipinski definition) is 1. The summed E-state index contributed by atoms with van der Waals surface area (Å²) in [4.78, 5) is 0. The molecule has 0 aromatic heterocycles. The molecule has 2 saturated carbocycles. The molecule has 0 aromatic carbocycles. The minimum Gasteiger partial charge on any atom is -0.393 e. The molecule has 2 fully saturated rings. The van der Waals surface area contributed by atoms with Crippen molar-refractivity contribution in [3.05, 3.63) is 0 Å². The van der Waals surface area contributed by atoms with E-state index in [9.17, 15) is 5.11 Å². The summed E-state index contributed by atoms with van der Waals surface area (Å²) in [5, 5.41) is 10.0. The number of rotatable bonds is 1. The van der Waals surface area contributed by atoms with Crippen LogP contribution in [0.15, 0.2) is 0 Å². The van der Waals surface area contributed by atoms with Crippen LogP contribution in [0.25, 0.3) is 0 Å². The van der Waals surface area contributed by atoms with Gasteiger partial charge in [-0.05, 0) is 42.4 Å². The average molecular weight is 168 g/mol. The van der Waals surface area contributed by atoms with E-state index in [2.05, 4.69) is 20.8 Å². The summed E-state index contributed by atoms with van der Waals surface area (Å²) in [6.07, 6.45) is 3.87. The lowest BCUT2D eigenvalue weighted by Gasteiger charge is -2.33. The third-order valence-corrected chi connectivity index (χ3v) is 4.18. The van der Waals surface area contributed by atoms with Gasteiger partial charge in [-0.25, -0.2) is 0 Å². The molecule has 2 aliphatic carbocycles. The van der Waals surface area contributed by atoms with E-state index < -0.39 is 0 Å². The van der Waals surface area contributed by atoms with Crippen molar-refractivity contribution in [2.45, 2.75) is 46.1 Å². The van der Waals surface area contributed by atoms with Gasteiger partial charge in [0.15, 0.2) is 0 Å². The van der Waals surface area contributed by atoms with E-state index in [-0.39, 0.29) is 6.10 Å². The predicted octanol–water partition coefficient (Wildman–Crippen LogP) is 2.44. The Morgan fingerprint density at radius 1 is 1.42 bits per heavy atom. The molecule has 0 bridgehead atoms. The fourth-order valence-corrected chi connectivity index (χ4v) is 2.96. The van der Waals surface area contributed by atoms with E-state index in [0.29, 0.717) is 23.2 Å². The quantitative estimate of drug-likeness (QED) is 0.637. The molecule has 2 unspecified atom stereocenters. The van der Waals surface area contributed by atoms with E-state index >= 15 is 0 Å². The number of aliphatic hydroxyl groups excluding tert-OH is 1. The fourth-order valence-electron chi connectivity index (χ4n) is 2.96. The third-order valence-electron chi connectivity index (χ3n) is 4.18. The molecule has 4 atom stereocenters. The Kier molecular flexibility index (Phi) is 1.76. The van der Waals surface area contributed by atoms with Crippen molar-refractivity contribution in [2.75, 3.05) is 0 Å². The largest absolute Gasteiger partial charge is 0.393 e. The monoisotopic (exact) mass is 168 g/mol. The van der Waals surface area contributed by atoms with Crippen molar-refractivity contribution in [1.29, 1.82) is 0 Å². The molecule has 70 valence electrons. The highest BCUT2D eigenvalue weighted by molar-refractivity contribution is 5.07. The second kappa shape index (κ2) is 2.47. The Morgan fingerprint density at radius 3 is 2.67 bits per heavy atom. The molecule has 0 heterocycles. The van der Waals surface area contributed by atoms with Crippen molar-refractivity contribution >= 4 is 0 Å². The van der Waals surface area contributed by atoms with Crippen LogP contribution in [-0.4, -0.2) is 11.2 Å². The molecule has 1 nitrogen and oxygen atoms in total. The van der Waals surface area contributed by atoms with E-state index in [1.807, 2.05) is 0 Å². The zero-order valence-electron chi connectivity index (χ0n) is 8.38. The van der Waals surface area contributed by atoms with Gasteiger partial charge in [0.05, 0.1) is 6.10 Å². The van der Waals surface area contributed by atoms with Crippen LogP contribution in [0.1, 0.15) is 40.0 Å². The van der Waals surface area contributed by atoms with Gasteiger partial charge in [0.1, 0.15) is 0 Å². The number of hydrogen-bond donors (Lipinski definition) is 1. The van der Waals surface area contributed by atoms with Crippen molar-refractivity contribution in [1.82, 2.24) is 0 Å². The maximum Gasteiger partial charge on any atom is 0.0604 e. The van der Waals surface area contributed by atoms with E-state index in [1.54, 1.807) is 0 Å². The molecule has 2 aliphatic rings. The van der Waals surface area contributed by atoms with Crippen LogP contribution < -0.4 is 0 Å². The van der Waals surface area contributed by atoms with E-state index in [0.717, 1.165) is 0 Å². The summed E-state index contributed by atoms with van der Waals surface area (Å²) >= 11 is 0. The summed E-state index contributed by atoms with van der Waals surface area (Å²) in [5.41, 5.74) is 0.533. The first-order valence-corrected chi connectivity index (χ1v) is 5.23. The Labute approximate surface area is 75.2 Å². The van der Waals surface area contributed by atoms with Gasteiger partial charge in [-0.2, -0.15) is 0 Å². The van der Waals surface area contributed by atoms with Crippen molar-refractivity contribution in [3.63, 3.8) is 0 Å². The second-order valence-corrected chi connectivity index (χ2v) is 5.40. The molecule has 0 saturated heterocycles. The van der Waals surface area contributed by atoms with Crippen molar-refractivity contribution < 1.29 is 5.11 Å². The molecule has 12 heavy (non-hydrogen) atoms. The number of aliphatic hydroxyl groups is 1. The maximum atomic E-state index is 10.0. The van der Waals surface area contributed by atoms with Gasteiger partial charge < -0.3 is 5.11 Å². The number of fused-ring (bicyclic) bond motifs is 1. The van der Waals surface area contributed by atoms with Gasteiger partial charge in [0.25, 0.3) is 0 Å². The Bertz CT molecular complexity index is 187. The Balaban J connectivity index is 2.04. The molecular formula is C11H20O. The van der Waals surface area contributed by atoms with E-state index in [4.69, 9.17) is 0 Å². The molecule has 0 amide bonds. The van der Waals surface area contributed by atoms with Crippen molar-refractivity contribution in [2.24, 2.45) is 23.2 Å². The minimum absolute atomic E-state index is 0.00347. The summed E-state index contributed by atoms with van der Waals surface area (Å²) < 4.78 is 0. The molecule has 0 aromatic rings. The lowest BCUT2D eigenvalue weighted by molar-refractivity contribution is 0.0194. The zero-order valence-corrected chi connectivity index (χ0v) is 8.38. The molecule has 0 spiro atoms. The topological polar surface area (TPSA) is 20.2 Å². The molecule has 1 N–H and O–H groups in total. The zero-order chi connectivity index (χ0) is 8.93. The molecule has 1 heteroatoms. The molecule has 0 aliphatic heterocycles. The van der Waals surface area contributed by atoms with Crippen LogP contribution >= 0.6 is 0 Å². The van der Waals surface area contributed by atoms with E-state index in [1.165, 1.54) is 19.3 Å². The SMILES string of the molecule is CC(C)[C@H]1CC[C@]2(C)CC2C1O. The highest BCUT2D eigenvalue weighted by atomic mass is 16.3. The summed E-state index contributed by atoms with van der Waals surface area (Å²) in [5.74, 6) is 1.87. The standard InChI is InChI=1S/C11H20O/c1-7(2)8-4-5-11(3)6-9(11)10(8)12/h7-10,12H,4-6H2,1-3H3/t8-,9?,10?,11-/m1/s1. The van der Waals surface area contributed by atoms with Gasteiger partial charge >= 0.3 is 0 Å². The highest BCUT2D eigenvalue weighted by Gasteiger charge is 2.58. The lowest BCUT2D eigenvalue weighted by atomic mass is 9.75. The van der Waals surface area contributed by atoms with Crippen LogP contribution in [0.2, 0.25) is 0 Å². The van der Waals surface area contributed by atoms with Gasteiger partial charge in [-0.1, -0.05) is 20.8 Å². The third kappa shape index (κ3) is 1.10. The molecular weight excluding hydrogens is 148 g/mol. The van der Waals surface area contributed by atoms with Gasteiger partial charge in [-0.3, -0.25) is 0 Å². The van der Waals surface area contributed by atoms with Crippen LogP contribution in [0, 0.1) is 23.2 Å². The Hall–Kier alpha value is -0.0400. The Morgan fingerprint density at radius 2 is 2.08 bits per heavy atom. The van der Waals surface area contributed by atoms with Gasteiger partial charge in [0, 0.05) is 0 Å². The first-order valence-electron chi connectivity index (χ1n) is 5.23. The van der Waals surface area contributed by atoms with Crippen LogP contribution in [-0.2, 0) is 0 Å². The van der Waals surface area contributed by atoms with Gasteiger partial charge in [0.2, 0.25) is 0 Å². The highest BCUT2D eigenvalue weighted by Crippen LogP contribution is 2.62. The van der Waals surface area contributed by atoms with Crippen LogP contribution in [0.5, 0.6) is 0 Å². The molecule has 2 rings (SSSR count). The lowest BCUT2D eigenvalue weighted by Crippen LogP contribution is -2.33. The van der Waals surface area contributed by atoms with Crippen molar-refractivity contribution in [3.8, 4) is 0 Å². The normalized spacial score (nSPS) is 52.2. The first kappa shape index (κ1) is 8.55. The van der Waals surface area contributed by atoms with Crippen LogP contribution in [0.3, 0.4) is 0 Å². The predicted molar refractivity (Wildman–Crippen MR) is 49.8 cm³/mol.